The number of hydrogen-bond acceptors (Lipinski definition) is 2. The molecule has 1 aromatic rings. The standard InChI is InChI=1S/C14H16F3NO/c15-10-5-9(6-11(16)13(10)17)12-7-18-8-14(19-12)3-1-2-4-14/h5-6,12,18H,1-4,7-8H2. The molecule has 1 aliphatic heterocycles. The molecule has 1 spiro atoms. The van der Waals surface area contributed by atoms with E-state index >= 15 is 0 Å². The molecule has 0 amide bonds. The summed E-state index contributed by atoms with van der Waals surface area (Å²) in [6, 6.07) is 2.05. The molecule has 5 heteroatoms. The van der Waals surface area contributed by atoms with Gasteiger partial charge in [0.05, 0.1) is 11.7 Å². The Morgan fingerprint density at radius 2 is 1.74 bits per heavy atom. The molecule has 2 fully saturated rings. The summed E-state index contributed by atoms with van der Waals surface area (Å²) in [7, 11) is 0. The molecular weight excluding hydrogens is 255 g/mol. The zero-order chi connectivity index (χ0) is 13.5. The zero-order valence-electron chi connectivity index (χ0n) is 10.5. The van der Waals surface area contributed by atoms with Gasteiger partial charge in [0.2, 0.25) is 0 Å². The Morgan fingerprint density at radius 3 is 2.37 bits per heavy atom. The van der Waals surface area contributed by atoms with E-state index in [1.54, 1.807) is 0 Å². The normalized spacial score (nSPS) is 25.9. The molecule has 2 aliphatic rings. The first-order chi connectivity index (χ1) is 9.10. The summed E-state index contributed by atoms with van der Waals surface area (Å²) in [5, 5.41) is 3.26. The predicted octanol–water partition coefficient (Wildman–Crippen LogP) is 3.08. The van der Waals surface area contributed by atoms with E-state index in [-0.39, 0.29) is 5.60 Å². The molecule has 0 aromatic heterocycles. The third-order valence-corrected chi connectivity index (χ3v) is 4.06. The molecular formula is C14H16F3NO. The molecule has 1 aromatic carbocycles. The largest absolute Gasteiger partial charge is 0.364 e. The van der Waals surface area contributed by atoms with Crippen LogP contribution in [0.5, 0.6) is 0 Å². The number of nitrogens with one attached hydrogen (secondary N) is 1. The maximum atomic E-state index is 13.3. The number of ether oxygens (including phenoxy) is 1. The third-order valence-electron chi connectivity index (χ3n) is 4.06. The summed E-state index contributed by atoms with van der Waals surface area (Å²) in [6.45, 7) is 1.27. The van der Waals surface area contributed by atoms with E-state index in [4.69, 9.17) is 4.74 Å². The second kappa shape index (κ2) is 4.80. The lowest BCUT2D eigenvalue weighted by molar-refractivity contribution is -0.114. The van der Waals surface area contributed by atoms with Crippen molar-refractivity contribution in [2.75, 3.05) is 13.1 Å². The van der Waals surface area contributed by atoms with Gasteiger partial charge >= 0.3 is 0 Å². The third kappa shape index (κ3) is 2.37. The number of rotatable bonds is 1. The molecule has 1 unspecified atom stereocenters. The van der Waals surface area contributed by atoms with E-state index in [2.05, 4.69) is 5.32 Å². The van der Waals surface area contributed by atoms with Crippen LogP contribution in [-0.2, 0) is 4.74 Å². The van der Waals surface area contributed by atoms with E-state index in [9.17, 15) is 13.2 Å². The van der Waals surface area contributed by atoms with Gasteiger partial charge in [0.1, 0.15) is 0 Å². The fraction of sp³-hybridized carbons (Fsp3) is 0.571. The van der Waals surface area contributed by atoms with Crippen molar-refractivity contribution < 1.29 is 17.9 Å². The lowest BCUT2D eigenvalue weighted by Gasteiger charge is -2.39. The van der Waals surface area contributed by atoms with Gasteiger partial charge in [0.25, 0.3) is 0 Å². The molecule has 1 saturated carbocycles. The van der Waals surface area contributed by atoms with Crippen LogP contribution in [0.4, 0.5) is 13.2 Å². The van der Waals surface area contributed by atoms with Gasteiger partial charge in [-0.2, -0.15) is 0 Å². The SMILES string of the molecule is Fc1cc(C2CNCC3(CCCC3)O2)cc(F)c1F. The van der Waals surface area contributed by atoms with Crippen LogP contribution >= 0.6 is 0 Å². The molecule has 19 heavy (non-hydrogen) atoms. The van der Waals surface area contributed by atoms with Crippen LogP contribution in [0.3, 0.4) is 0 Å². The minimum atomic E-state index is -1.43. The van der Waals surface area contributed by atoms with Crippen molar-refractivity contribution in [3.05, 3.63) is 35.1 Å². The van der Waals surface area contributed by atoms with Crippen LogP contribution in [0, 0.1) is 17.5 Å². The van der Waals surface area contributed by atoms with Crippen molar-refractivity contribution in [3.8, 4) is 0 Å². The molecule has 104 valence electrons. The number of halogens is 3. The summed E-state index contributed by atoms with van der Waals surface area (Å²) < 4.78 is 45.6. The summed E-state index contributed by atoms with van der Waals surface area (Å²) in [4.78, 5) is 0. The van der Waals surface area contributed by atoms with Gasteiger partial charge in [-0.1, -0.05) is 12.8 Å². The highest BCUT2D eigenvalue weighted by Crippen LogP contribution is 2.39. The molecule has 1 saturated heterocycles. The van der Waals surface area contributed by atoms with E-state index in [0.29, 0.717) is 12.1 Å². The second-order valence-electron chi connectivity index (χ2n) is 5.43. The minimum Gasteiger partial charge on any atom is -0.364 e. The van der Waals surface area contributed by atoms with Gasteiger partial charge in [0.15, 0.2) is 17.5 Å². The molecule has 3 rings (SSSR count). The average Bonchev–Trinajstić information content (AvgIpc) is 2.83. The predicted molar refractivity (Wildman–Crippen MR) is 64.2 cm³/mol. The first kappa shape index (κ1) is 12.9. The average molecular weight is 271 g/mol. The van der Waals surface area contributed by atoms with Crippen LogP contribution in [0.25, 0.3) is 0 Å². The van der Waals surface area contributed by atoms with E-state index < -0.39 is 23.6 Å². The topological polar surface area (TPSA) is 21.3 Å². The Bertz CT molecular complexity index is 463. The highest BCUT2D eigenvalue weighted by Gasteiger charge is 2.40. The van der Waals surface area contributed by atoms with Crippen LogP contribution in [0.15, 0.2) is 12.1 Å². The maximum Gasteiger partial charge on any atom is 0.194 e. The Balaban J connectivity index is 1.85. The first-order valence-corrected chi connectivity index (χ1v) is 6.63. The van der Waals surface area contributed by atoms with Crippen molar-refractivity contribution in [2.24, 2.45) is 0 Å². The van der Waals surface area contributed by atoms with Crippen LogP contribution < -0.4 is 5.32 Å². The molecule has 1 heterocycles. The van der Waals surface area contributed by atoms with Crippen molar-refractivity contribution in [1.82, 2.24) is 5.32 Å². The second-order valence-corrected chi connectivity index (χ2v) is 5.43. The zero-order valence-corrected chi connectivity index (χ0v) is 10.5. The van der Waals surface area contributed by atoms with Crippen molar-refractivity contribution in [2.45, 2.75) is 37.4 Å². The molecule has 1 aliphatic carbocycles. The van der Waals surface area contributed by atoms with Gasteiger partial charge < -0.3 is 10.1 Å². The molecule has 1 N–H and O–H groups in total. The van der Waals surface area contributed by atoms with E-state index in [1.165, 1.54) is 0 Å². The van der Waals surface area contributed by atoms with Crippen molar-refractivity contribution in [3.63, 3.8) is 0 Å². The summed E-state index contributed by atoms with van der Waals surface area (Å²) >= 11 is 0. The van der Waals surface area contributed by atoms with E-state index in [1.807, 2.05) is 0 Å². The van der Waals surface area contributed by atoms with Gasteiger partial charge in [-0.15, -0.1) is 0 Å². The Hall–Kier alpha value is -1.07. The highest BCUT2D eigenvalue weighted by atomic mass is 19.2. The highest BCUT2D eigenvalue weighted by molar-refractivity contribution is 5.23. The Kier molecular flexibility index (Phi) is 3.27. The van der Waals surface area contributed by atoms with Gasteiger partial charge in [-0.25, -0.2) is 13.2 Å². The van der Waals surface area contributed by atoms with Gasteiger partial charge in [0, 0.05) is 13.1 Å². The van der Waals surface area contributed by atoms with Crippen LogP contribution in [0.1, 0.15) is 37.4 Å². The Morgan fingerprint density at radius 1 is 1.11 bits per heavy atom. The Labute approximate surface area is 109 Å². The van der Waals surface area contributed by atoms with Crippen molar-refractivity contribution in [1.29, 1.82) is 0 Å². The summed E-state index contributed by atoms with van der Waals surface area (Å²) in [6.07, 6.45) is 3.73. The molecule has 2 nitrogen and oxygen atoms in total. The fourth-order valence-corrected chi connectivity index (χ4v) is 3.08. The first-order valence-electron chi connectivity index (χ1n) is 6.63. The van der Waals surface area contributed by atoms with Crippen molar-refractivity contribution >= 4 is 0 Å². The monoisotopic (exact) mass is 271 g/mol. The molecule has 0 bridgehead atoms. The minimum absolute atomic E-state index is 0.218. The fourth-order valence-electron chi connectivity index (χ4n) is 3.08. The quantitative estimate of drug-likeness (QED) is 0.793. The van der Waals surface area contributed by atoms with Gasteiger partial charge in [-0.05, 0) is 30.5 Å². The maximum absolute atomic E-state index is 13.3. The van der Waals surface area contributed by atoms with E-state index in [0.717, 1.165) is 44.4 Å². The lowest BCUT2D eigenvalue weighted by Crippen LogP contribution is -2.49. The molecule has 0 radical (unpaired) electrons. The van der Waals surface area contributed by atoms with Crippen LogP contribution in [-0.4, -0.2) is 18.7 Å². The summed E-state index contributed by atoms with van der Waals surface area (Å²) in [5.74, 6) is -3.75. The van der Waals surface area contributed by atoms with Gasteiger partial charge in [-0.3, -0.25) is 0 Å². The smallest absolute Gasteiger partial charge is 0.194 e. The number of morpholine rings is 1. The lowest BCUT2D eigenvalue weighted by atomic mass is 9.97. The van der Waals surface area contributed by atoms with Crippen LogP contribution in [0.2, 0.25) is 0 Å². The number of benzene rings is 1. The molecule has 1 atom stereocenters. The number of hydrogen-bond donors (Lipinski definition) is 1. The summed E-state index contributed by atoms with van der Waals surface area (Å²) in [5.41, 5.74) is 0.138.